The molecule has 6 heteroatoms. The lowest BCUT2D eigenvalue weighted by molar-refractivity contribution is -0.128. The minimum Gasteiger partial charge on any atom is -0.350 e. The second kappa shape index (κ2) is 8.92. The Morgan fingerprint density at radius 1 is 1.00 bits per heavy atom. The fourth-order valence-corrected chi connectivity index (χ4v) is 2.38. The Bertz CT molecular complexity index is 732. The molecule has 2 rings (SSSR count). The standard InChI is InChI=1S/C19H20F2N2O2/c1-14(24)23(11-9-15-5-7-17(20)8-6-15)12-10-22-19(25)16-3-2-4-18(21)13-16/h2-8,13H,9-12H2,1H3,(H,22,25). The summed E-state index contributed by atoms with van der Waals surface area (Å²) in [5.74, 6) is -1.27. The number of carbonyl (C=O) groups excluding carboxylic acids is 2. The Hall–Kier alpha value is -2.76. The second-order valence-corrected chi connectivity index (χ2v) is 5.65. The Kier molecular flexibility index (Phi) is 6.62. The molecule has 0 aliphatic carbocycles. The quantitative estimate of drug-likeness (QED) is 0.838. The van der Waals surface area contributed by atoms with E-state index in [4.69, 9.17) is 0 Å². The summed E-state index contributed by atoms with van der Waals surface area (Å²) in [6, 6.07) is 11.5. The van der Waals surface area contributed by atoms with E-state index in [0.717, 1.165) is 11.6 Å². The maximum absolute atomic E-state index is 13.1. The van der Waals surface area contributed by atoms with Crippen LogP contribution in [0.25, 0.3) is 0 Å². The molecule has 1 N–H and O–H groups in total. The zero-order valence-corrected chi connectivity index (χ0v) is 14.0. The molecule has 0 radical (unpaired) electrons. The number of amides is 2. The minimum atomic E-state index is -0.475. The van der Waals surface area contributed by atoms with Crippen molar-refractivity contribution >= 4 is 11.8 Å². The van der Waals surface area contributed by atoms with Gasteiger partial charge in [0.2, 0.25) is 5.91 Å². The first kappa shape index (κ1) is 18.6. The first-order chi connectivity index (χ1) is 12.0. The van der Waals surface area contributed by atoms with Gasteiger partial charge in [0, 0.05) is 32.1 Å². The van der Waals surface area contributed by atoms with Gasteiger partial charge in [-0.1, -0.05) is 18.2 Å². The summed E-state index contributed by atoms with van der Waals surface area (Å²) in [4.78, 5) is 25.3. The molecule has 0 aromatic heterocycles. The molecule has 4 nitrogen and oxygen atoms in total. The molecule has 0 saturated heterocycles. The smallest absolute Gasteiger partial charge is 0.251 e. The number of halogens is 2. The van der Waals surface area contributed by atoms with Gasteiger partial charge in [0.15, 0.2) is 0 Å². The zero-order chi connectivity index (χ0) is 18.2. The van der Waals surface area contributed by atoms with E-state index >= 15 is 0 Å². The number of nitrogens with zero attached hydrogens (tertiary/aromatic N) is 1. The van der Waals surface area contributed by atoms with Gasteiger partial charge in [0.25, 0.3) is 5.91 Å². The van der Waals surface area contributed by atoms with Crippen LogP contribution in [-0.2, 0) is 11.2 Å². The molecular weight excluding hydrogens is 326 g/mol. The van der Waals surface area contributed by atoms with Gasteiger partial charge in [-0.15, -0.1) is 0 Å². The summed E-state index contributed by atoms with van der Waals surface area (Å²) >= 11 is 0. The summed E-state index contributed by atoms with van der Waals surface area (Å²) in [7, 11) is 0. The molecule has 0 aliphatic heterocycles. The van der Waals surface area contributed by atoms with Crippen LogP contribution < -0.4 is 5.32 Å². The highest BCUT2D eigenvalue weighted by Gasteiger charge is 2.11. The van der Waals surface area contributed by atoms with Gasteiger partial charge in [-0.2, -0.15) is 0 Å². The van der Waals surface area contributed by atoms with Gasteiger partial charge in [0.05, 0.1) is 0 Å². The van der Waals surface area contributed by atoms with Crippen molar-refractivity contribution in [3.63, 3.8) is 0 Å². The summed E-state index contributed by atoms with van der Waals surface area (Å²) in [6.07, 6.45) is 0.595. The van der Waals surface area contributed by atoms with E-state index < -0.39 is 5.82 Å². The maximum atomic E-state index is 13.1. The number of hydrogen-bond acceptors (Lipinski definition) is 2. The molecule has 0 bridgehead atoms. The van der Waals surface area contributed by atoms with Gasteiger partial charge in [0.1, 0.15) is 11.6 Å². The van der Waals surface area contributed by atoms with Gasteiger partial charge in [-0.3, -0.25) is 9.59 Å². The van der Waals surface area contributed by atoms with Crippen LogP contribution in [0, 0.1) is 11.6 Å². The van der Waals surface area contributed by atoms with Gasteiger partial charge in [-0.25, -0.2) is 8.78 Å². The summed E-state index contributed by atoms with van der Waals surface area (Å²) in [6.45, 7) is 2.53. The topological polar surface area (TPSA) is 49.4 Å². The van der Waals surface area contributed by atoms with Gasteiger partial charge in [-0.05, 0) is 42.3 Å². The first-order valence-corrected chi connectivity index (χ1v) is 7.99. The summed E-state index contributed by atoms with van der Waals surface area (Å²) in [5, 5.41) is 2.67. The van der Waals surface area contributed by atoms with E-state index in [1.165, 1.54) is 37.3 Å². The van der Waals surface area contributed by atoms with Crippen molar-refractivity contribution in [3.05, 3.63) is 71.3 Å². The molecule has 0 fully saturated rings. The molecule has 25 heavy (non-hydrogen) atoms. The predicted molar refractivity (Wildman–Crippen MR) is 91.1 cm³/mol. The monoisotopic (exact) mass is 346 g/mol. The molecule has 0 saturated carbocycles. The molecule has 0 unspecified atom stereocenters. The van der Waals surface area contributed by atoms with Crippen molar-refractivity contribution in [1.29, 1.82) is 0 Å². The fourth-order valence-electron chi connectivity index (χ4n) is 2.38. The first-order valence-electron chi connectivity index (χ1n) is 7.99. The van der Waals surface area contributed by atoms with E-state index in [9.17, 15) is 18.4 Å². The van der Waals surface area contributed by atoms with Gasteiger partial charge >= 0.3 is 0 Å². The molecule has 2 amide bonds. The SMILES string of the molecule is CC(=O)N(CCNC(=O)c1cccc(F)c1)CCc1ccc(F)cc1. The Labute approximate surface area is 145 Å². The average molecular weight is 346 g/mol. The van der Waals surface area contributed by atoms with Crippen molar-refractivity contribution < 1.29 is 18.4 Å². The normalized spacial score (nSPS) is 10.4. The van der Waals surface area contributed by atoms with Crippen LogP contribution in [0.1, 0.15) is 22.8 Å². The predicted octanol–water partition coefficient (Wildman–Crippen LogP) is 2.79. The number of carbonyl (C=O) groups is 2. The third-order valence-corrected chi connectivity index (χ3v) is 3.78. The third kappa shape index (κ3) is 5.99. The number of hydrogen-bond donors (Lipinski definition) is 1. The van der Waals surface area contributed by atoms with Crippen molar-refractivity contribution in [3.8, 4) is 0 Å². The number of rotatable bonds is 7. The third-order valence-electron chi connectivity index (χ3n) is 3.78. The van der Waals surface area contributed by atoms with Crippen LogP contribution >= 0.6 is 0 Å². The lowest BCUT2D eigenvalue weighted by Crippen LogP contribution is -2.38. The minimum absolute atomic E-state index is 0.109. The highest BCUT2D eigenvalue weighted by Crippen LogP contribution is 2.05. The molecule has 0 spiro atoms. The highest BCUT2D eigenvalue weighted by atomic mass is 19.1. The fraction of sp³-hybridized carbons (Fsp3) is 0.263. The van der Waals surface area contributed by atoms with E-state index in [-0.39, 0.29) is 29.7 Å². The number of nitrogens with one attached hydrogen (secondary N) is 1. The van der Waals surface area contributed by atoms with E-state index in [0.29, 0.717) is 19.5 Å². The molecular formula is C19H20F2N2O2. The Morgan fingerprint density at radius 2 is 1.72 bits per heavy atom. The lowest BCUT2D eigenvalue weighted by atomic mass is 10.1. The average Bonchev–Trinajstić information content (AvgIpc) is 2.59. The second-order valence-electron chi connectivity index (χ2n) is 5.65. The van der Waals surface area contributed by atoms with Crippen LogP contribution in [0.5, 0.6) is 0 Å². The summed E-state index contributed by atoms with van der Waals surface area (Å²) < 4.78 is 26.0. The van der Waals surface area contributed by atoms with Crippen molar-refractivity contribution in [2.24, 2.45) is 0 Å². The van der Waals surface area contributed by atoms with Crippen LogP contribution in [0.2, 0.25) is 0 Å². The van der Waals surface area contributed by atoms with Crippen LogP contribution in [-0.4, -0.2) is 36.3 Å². The van der Waals surface area contributed by atoms with Crippen molar-refractivity contribution in [2.75, 3.05) is 19.6 Å². The molecule has 0 aliphatic rings. The van der Waals surface area contributed by atoms with Gasteiger partial charge < -0.3 is 10.2 Å². The lowest BCUT2D eigenvalue weighted by Gasteiger charge is -2.21. The van der Waals surface area contributed by atoms with Crippen LogP contribution in [0.3, 0.4) is 0 Å². The van der Waals surface area contributed by atoms with Crippen LogP contribution in [0.15, 0.2) is 48.5 Å². The molecule has 2 aromatic carbocycles. The number of benzene rings is 2. The molecule has 132 valence electrons. The Morgan fingerprint density at radius 3 is 2.36 bits per heavy atom. The largest absolute Gasteiger partial charge is 0.350 e. The Balaban J connectivity index is 1.82. The zero-order valence-electron chi connectivity index (χ0n) is 14.0. The van der Waals surface area contributed by atoms with Crippen LogP contribution in [0.4, 0.5) is 8.78 Å². The highest BCUT2D eigenvalue weighted by molar-refractivity contribution is 5.94. The van der Waals surface area contributed by atoms with Crippen molar-refractivity contribution in [2.45, 2.75) is 13.3 Å². The molecule has 0 heterocycles. The maximum Gasteiger partial charge on any atom is 0.251 e. The molecule has 0 atom stereocenters. The van der Waals surface area contributed by atoms with E-state index in [2.05, 4.69) is 5.32 Å². The molecule has 2 aromatic rings. The van der Waals surface area contributed by atoms with E-state index in [1.54, 1.807) is 17.0 Å². The van der Waals surface area contributed by atoms with E-state index in [1.807, 2.05) is 0 Å². The summed E-state index contributed by atoms with van der Waals surface area (Å²) in [5.41, 5.74) is 1.16. The van der Waals surface area contributed by atoms with Crippen molar-refractivity contribution in [1.82, 2.24) is 10.2 Å².